The largest absolute Gasteiger partial charge is 0.326 e. The van der Waals surface area contributed by atoms with Crippen molar-refractivity contribution in [3.8, 4) is 6.07 Å². The molecule has 0 N–H and O–H groups in total. The molecule has 144 valence electrons. The van der Waals surface area contributed by atoms with Gasteiger partial charge in [-0.3, -0.25) is 0 Å². The zero-order chi connectivity index (χ0) is 19.3. The summed E-state index contributed by atoms with van der Waals surface area (Å²) in [5, 5.41) is 9.93. The van der Waals surface area contributed by atoms with E-state index >= 15 is 0 Å². The molecule has 1 aliphatic rings. The minimum Gasteiger partial charge on any atom is -0.326 e. The van der Waals surface area contributed by atoms with E-state index < -0.39 is 10.3 Å². The second-order valence-corrected chi connectivity index (χ2v) is 13.0. The molecule has 1 aliphatic heterocycles. The zero-order valence-corrected chi connectivity index (χ0v) is 18.1. The van der Waals surface area contributed by atoms with Crippen LogP contribution in [0.4, 0.5) is 0 Å². The first-order valence-electron chi connectivity index (χ1n) is 9.57. The fourth-order valence-electron chi connectivity index (χ4n) is 3.71. The van der Waals surface area contributed by atoms with E-state index in [0.717, 1.165) is 19.4 Å². The fraction of sp³-hybridized carbons (Fsp3) is 0.435. The third-order valence-corrected chi connectivity index (χ3v) is 10.6. The van der Waals surface area contributed by atoms with Crippen LogP contribution in [-0.2, 0) is 4.18 Å². The average Bonchev–Trinajstić information content (AvgIpc) is 3.11. The highest BCUT2D eigenvalue weighted by molar-refractivity contribution is 8.31. The molecule has 3 rings (SSSR count). The smallest absolute Gasteiger partial charge is 0.0720 e. The molecule has 2 atom stereocenters. The highest BCUT2D eigenvalue weighted by Crippen LogP contribution is 2.71. The predicted molar refractivity (Wildman–Crippen MR) is 117 cm³/mol. The van der Waals surface area contributed by atoms with Gasteiger partial charge in [0.15, 0.2) is 0 Å². The fourth-order valence-corrected chi connectivity index (χ4v) is 8.97. The maximum atomic E-state index is 8.99. The topological polar surface area (TPSA) is 33.0 Å². The Morgan fingerprint density at radius 2 is 1.48 bits per heavy atom. The number of nitrogens with zero attached hydrogens (tertiary/aromatic N) is 1. The van der Waals surface area contributed by atoms with Crippen molar-refractivity contribution in [2.75, 3.05) is 6.61 Å². The molecule has 0 saturated carbocycles. The summed E-state index contributed by atoms with van der Waals surface area (Å²) < 4.78 is 6.92. The molecule has 1 heterocycles. The highest BCUT2D eigenvalue weighted by Gasteiger charge is 2.42. The number of rotatable bonds is 6. The van der Waals surface area contributed by atoms with Gasteiger partial charge in [0, 0.05) is 31.5 Å². The first-order chi connectivity index (χ1) is 13.0. The summed E-state index contributed by atoms with van der Waals surface area (Å²) in [5.41, 5.74) is 0. The third-order valence-electron chi connectivity index (χ3n) is 4.96. The quantitative estimate of drug-likeness (QED) is 0.534. The van der Waals surface area contributed by atoms with Crippen LogP contribution in [0.1, 0.15) is 40.0 Å². The minimum absolute atomic E-state index is 0.0367. The summed E-state index contributed by atoms with van der Waals surface area (Å²) in [5.74, 6) is 0. The summed E-state index contributed by atoms with van der Waals surface area (Å²) in [6, 6.07) is 23.8. The van der Waals surface area contributed by atoms with Gasteiger partial charge in [-0.15, -0.1) is 0 Å². The van der Waals surface area contributed by atoms with E-state index in [4.69, 9.17) is 9.44 Å². The summed E-state index contributed by atoms with van der Waals surface area (Å²) in [6.45, 7) is 7.62. The Morgan fingerprint density at radius 3 is 1.96 bits per heavy atom. The lowest BCUT2D eigenvalue weighted by Gasteiger charge is -2.50. The molecule has 2 aromatic rings. The van der Waals surface area contributed by atoms with Crippen molar-refractivity contribution in [3.05, 3.63) is 60.7 Å². The standard InChI is InChI=1S/C23H29NOS2/c1-23(2,3)27(21-10-6-4-7-11-21,22-12-8-5-9-13-22)25-18-20-15-14-19(26-20)16-17-24/h4-13,19-20H,14-16,18H2,1-3H3. The molecule has 2 nitrogen and oxygen atoms in total. The third kappa shape index (κ3) is 4.37. The average molecular weight is 400 g/mol. The summed E-state index contributed by atoms with van der Waals surface area (Å²) in [4.78, 5) is 2.56. The molecule has 0 aromatic heterocycles. The number of hydrogen-bond acceptors (Lipinski definition) is 3. The van der Waals surface area contributed by atoms with Gasteiger partial charge in [-0.1, -0.05) is 46.7 Å². The maximum Gasteiger partial charge on any atom is 0.0720 e. The Labute approximate surface area is 169 Å². The van der Waals surface area contributed by atoms with Crippen LogP contribution in [-0.4, -0.2) is 21.9 Å². The Hall–Kier alpha value is -1.41. The lowest BCUT2D eigenvalue weighted by Crippen LogP contribution is -2.29. The van der Waals surface area contributed by atoms with Crippen LogP contribution in [0.5, 0.6) is 0 Å². The first kappa shape index (κ1) is 20.3. The van der Waals surface area contributed by atoms with Crippen LogP contribution in [0, 0.1) is 11.3 Å². The van der Waals surface area contributed by atoms with Crippen molar-refractivity contribution in [1.29, 1.82) is 5.26 Å². The molecular formula is C23H29NOS2. The minimum atomic E-state index is -1.67. The molecule has 2 aromatic carbocycles. The van der Waals surface area contributed by atoms with E-state index in [-0.39, 0.29) is 4.75 Å². The molecule has 0 aliphatic carbocycles. The lowest BCUT2D eigenvalue weighted by molar-refractivity contribution is 0.339. The number of nitriles is 1. The molecule has 0 bridgehead atoms. The Morgan fingerprint density at radius 1 is 0.963 bits per heavy atom. The predicted octanol–water partition coefficient (Wildman–Crippen LogP) is 6.82. The Bertz CT molecular complexity index is 725. The van der Waals surface area contributed by atoms with E-state index in [1.807, 2.05) is 11.8 Å². The molecule has 1 fully saturated rings. The van der Waals surface area contributed by atoms with Gasteiger partial charge in [0.25, 0.3) is 0 Å². The molecule has 1 saturated heterocycles. The summed E-state index contributed by atoms with van der Waals surface area (Å²) in [7, 11) is -1.67. The summed E-state index contributed by atoms with van der Waals surface area (Å²) in [6.07, 6.45) is 2.91. The summed E-state index contributed by atoms with van der Waals surface area (Å²) >= 11 is 1.94. The van der Waals surface area contributed by atoms with Crippen LogP contribution >= 0.6 is 22.1 Å². The molecule has 0 amide bonds. The maximum absolute atomic E-state index is 8.99. The van der Waals surface area contributed by atoms with Gasteiger partial charge in [0.05, 0.1) is 12.7 Å². The number of hydrogen-bond donors (Lipinski definition) is 0. The van der Waals surface area contributed by atoms with Crippen LogP contribution in [0.25, 0.3) is 0 Å². The number of thioether (sulfide) groups is 1. The second kappa shape index (κ2) is 8.73. The van der Waals surface area contributed by atoms with Gasteiger partial charge in [-0.05, 0) is 57.9 Å². The van der Waals surface area contributed by atoms with Crippen LogP contribution < -0.4 is 0 Å². The van der Waals surface area contributed by atoms with Crippen molar-refractivity contribution in [3.63, 3.8) is 0 Å². The monoisotopic (exact) mass is 399 g/mol. The van der Waals surface area contributed by atoms with Crippen molar-refractivity contribution in [2.45, 2.75) is 65.1 Å². The van der Waals surface area contributed by atoms with Gasteiger partial charge in [-0.25, -0.2) is 0 Å². The lowest BCUT2D eigenvalue weighted by atomic mass is 10.2. The highest BCUT2D eigenvalue weighted by atomic mass is 32.3. The van der Waals surface area contributed by atoms with Gasteiger partial charge in [-0.2, -0.15) is 17.0 Å². The van der Waals surface area contributed by atoms with Crippen molar-refractivity contribution >= 4 is 22.1 Å². The molecule has 0 spiro atoms. The van der Waals surface area contributed by atoms with Gasteiger partial charge < -0.3 is 4.18 Å². The van der Waals surface area contributed by atoms with Crippen LogP contribution in [0.3, 0.4) is 0 Å². The van der Waals surface area contributed by atoms with E-state index in [1.165, 1.54) is 9.79 Å². The normalized spacial score (nSPS) is 21.0. The number of benzene rings is 2. The SMILES string of the molecule is CC(C)(C)S(OCC1CCC(CC#N)S1)(c1ccccc1)c1ccccc1. The Balaban J connectivity index is 1.94. The Kier molecular flexibility index (Phi) is 6.57. The molecule has 0 radical (unpaired) electrons. The van der Waals surface area contributed by atoms with Gasteiger partial charge in [0.2, 0.25) is 0 Å². The van der Waals surface area contributed by atoms with E-state index in [1.54, 1.807) is 0 Å². The van der Waals surface area contributed by atoms with E-state index in [2.05, 4.69) is 87.5 Å². The van der Waals surface area contributed by atoms with E-state index in [0.29, 0.717) is 16.9 Å². The molecule has 4 heteroatoms. The van der Waals surface area contributed by atoms with Crippen LogP contribution in [0.2, 0.25) is 0 Å². The second-order valence-electron chi connectivity index (χ2n) is 7.90. The van der Waals surface area contributed by atoms with Crippen molar-refractivity contribution in [1.82, 2.24) is 0 Å². The van der Waals surface area contributed by atoms with Crippen molar-refractivity contribution < 1.29 is 4.18 Å². The van der Waals surface area contributed by atoms with E-state index in [9.17, 15) is 0 Å². The molecule has 27 heavy (non-hydrogen) atoms. The van der Waals surface area contributed by atoms with Crippen molar-refractivity contribution in [2.24, 2.45) is 0 Å². The van der Waals surface area contributed by atoms with Gasteiger partial charge in [0.1, 0.15) is 0 Å². The van der Waals surface area contributed by atoms with Gasteiger partial charge >= 0.3 is 0 Å². The van der Waals surface area contributed by atoms with Crippen LogP contribution in [0.15, 0.2) is 70.5 Å². The first-order valence-corrected chi connectivity index (χ1v) is 12.1. The molecular weight excluding hydrogens is 370 g/mol. The molecule has 2 unspecified atom stereocenters. The zero-order valence-electron chi connectivity index (χ0n) is 16.4.